The molecule has 1 aliphatic carbocycles. The number of fused-ring (bicyclic) bond motifs is 1. The maximum absolute atomic E-state index is 13.1. The first-order valence-corrected chi connectivity index (χ1v) is 9.24. The van der Waals surface area contributed by atoms with E-state index in [9.17, 15) is 9.59 Å². The third-order valence-electron chi connectivity index (χ3n) is 5.20. The van der Waals surface area contributed by atoms with Crippen molar-refractivity contribution in [3.63, 3.8) is 0 Å². The normalized spacial score (nSPS) is 20.6. The molecule has 140 valence electrons. The molecule has 0 amide bonds. The van der Waals surface area contributed by atoms with E-state index < -0.39 is 5.92 Å². The number of carbonyl (C=O) groups is 1. The summed E-state index contributed by atoms with van der Waals surface area (Å²) in [6.07, 6.45) is 1.15. The van der Waals surface area contributed by atoms with Gasteiger partial charge in [0, 0.05) is 23.3 Å². The van der Waals surface area contributed by atoms with Gasteiger partial charge >= 0.3 is 0 Å². The molecule has 2 aromatic rings. The zero-order chi connectivity index (χ0) is 19.3. The van der Waals surface area contributed by atoms with Gasteiger partial charge in [-0.1, -0.05) is 32.0 Å². The Balaban J connectivity index is 2.04. The van der Waals surface area contributed by atoms with Gasteiger partial charge in [0.05, 0.1) is 18.6 Å². The Morgan fingerprint density at radius 3 is 2.63 bits per heavy atom. The van der Waals surface area contributed by atoms with Crippen molar-refractivity contribution in [2.24, 2.45) is 5.41 Å². The fourth-order valence-corrected chi connectivity index (χ4v) is 4.36. The molecule has 1 atom stereocenters. The lowest BCUT2D eigenvalue weighted by Gasteiger charge is -2.39. The second kappa shape index (κ2) is 6.20. The Morgan fingerprint density at radius 1 is 1.15 bits per heavy atom. The van der Waals surface area contributed by atoms with Crippen LogP contribution in [0, 0.1) is 10.2 Å². The summed E-state index contributed by atoms with van der Waals surface area (Å²) in [4.78, 5) is 31.6. The van der Waals surface area contributed by atoms with Crippen LogP contribution in [-0.2, 0) is 4.79 Å². The highest BCUT2D eigenvalue weighted by Gasteiger charge is 2.42. The molecule has 27 heavy (non-hydrogen) atoms. The van der Waals surface area contributed by atoms with E-state index in [1.165, 1.54) is 0 Å². The van der Waals surface area contributed by atoms with Crippen LogP contribution in [0.15, 0.2) is 40.3 Å². The Kier molecular flexibility index (Phi) is 4.07. The molecule has 1 aromatic carbocycles. The molecule has 0 radical (unpaired) electrons. The van der Waals surface area contributed by atoms with Crippen molar-refractivity contribution >= 4 is 23.8 Å². The highest BCUT2D eigenvalue weighted by molar-refractivity contribution is 7.71. The number of benzene rings is 1. The minimum atomic E-state index is -0.508. The highest BCUT2D eigenvalue weighted by atomic mass is 32.1. The average molecular weight is 383 g/mol. The predicted molar refractivity (Wildman–Crippen MR) is 106 cm³/mol. The summed E-state index contributed by atoms with van der Waals surface area (Å²) in [5.74, 6) is 0.731. The predicted octanol–water partition coefficient (Wildman–Crippen LogP) is 3.64. The van der Waals surface area contributed by atoms with Crippen LogP contribution in [0.2, 0.25) is 0 Å². The van der Waals surface area contributed by atoms with Gasteiger partial charge in [-0.05, 0) is 30.1 Å². The summed E-state index contributed by atoms with van der Waals surface area (Å²) in [6, 6.07) is 7.50. The number of nitrogens with one attached hydrogen (secondary N) is 3. The van der Waals surface area contributed by atoms with E-state index >= 15 is 0 Å². The molecule has 1 aromatic heterocycles. The minimum Gasteiger partial charge on any atom is -0.496 e. The number of hydrogen-bond acceptors (Lipinski definition) is 5. The zero-order valence-corrected chi connectivity index (χ0v) is 16.3. The first kappa shape index (κ1) is 17.7. The number of aromatic amines is 2. The number of para-hydroxylation sites is 1. The van der Waals surface area contributed by atoms with Crippen molar-refractivity contribution in [1.29, 1.82) is 0 Å². The van der Waals surface area contributed by atoms with Crippen molar-refractivity contribution < 1.29 is 9.53 Å². The number of H-pyrrole nitrogens is 2. The van der Waals surface area contributed by atoms with E-state index in [2.05, 4.69) is 29.1 Å². The molecule has 3 N–H and O–H groups in total. The molecule has 7 heteroatoms. The molecule has 2 aliphatic rings. The van der Waals surface area contributed by atoms with Gasteiger partial charge in [-0.25, -0.2) is 0 Å². The van der Waals surface area contributed by atoms with Gasteiger partial charge in [0.2, 0.25) is 0 Å². The van der Waals surface area contributed by atoms with Crippen molar-refractivity contribution in [3.05, 3.63) is 61.8 Å². The first-order valence-electron chi connectivity index (χ1n) is 8.83. The van der Waals surface area contributed by atoms with Crippen LogP contribution in [0.5, 0.6) is 5.75 Å². The fraction of sp³-hybridized carbons (Fsp3) is 0.350. The van der Waals surface area contributed by atoms with Gasteiger partial charge in [-0.15, -0.1) is 0 Å². The molecule has 0 bridgehead atoms. The highest BCUT2D eigenvalue weighted by Crippen LogP contribution is 2.48. The minimum absolute atomic E-state index is 0.0529. The van der Waals surface area contributed by atoms with Gasteiger partial charge in [0.15, 0.2) is 10.6 Å². The lowest BCUT2D eigenvalue weighted by atomic mass is 9.69. The van der Waals surface area contributed by atoms with Gasteiger partial charge in [-0.2, -0.15) is 0 Å². The smallest absolute Gasteiger partial charge is 0.257 e. The van der Waals surface area contributed by atoms with Gasteiger partial charge in [0.1, 0.15) is 11.6 Å². The Bertz CT molecular complexity index is 1090. The third-order valence-corrected chi connectivity index (χ3v) is 5.41. The van der Waals surface area contributed by atoms with E-state index in [4.69, 9.17) is 17.0 Å². The summed E-state index contributed by atoms with van der Waals surface area (Å²) in [7, 11) is 1.59. The van der Waals surface area contributed by atoms with E-state index in [0.717, 1.165) is 11.3 Å². The first-order chi connectivity index (χ1) is 12.8. The van der Waals surface area contributed by atoms with Crippen molar-refractivity contribution in [2.45, 2.75) is 32.6 Å². The topological polar surface area (TPSA) is 87.0 Å². The number of allylic oxidation sites excluding steroid dienone is 2. The van der Waals surface area contributed by atoms with Crippen LogP contribution in [0.4, 0.5) is 5.82 Å². The molecular formula is C20H21N3O3S. The van der Waals surface area contributed by atoms with Crippen molar-refractivity contribution in [3.8, 4) is 5.75 Å². The molecular weight excluding hydrogens is 362 g/mol. The largest absolute Gasteiger partial charge is 0.496 e. The SMILES string of the molecule is COc1ccccc1C1C2=C(CC(C)(C)CC2=O)Nc2[nH]c(=S)[nH]c(=O)c21. The molecule has 0 saturated heterocycles. The summed E-state index contributed by atoms with van der Waals surface area (Å²) in [5.41, 5.74) is 2.28. The molecule has 0 fully saturated rings. The Labute approximate surface area is 161 Å². The summed E-state index contributed by atoms with van der Waals surface area (Å²) < 4.78 is 5.78. The fourth-order valence-electron chi connectivity index (χ4n) is 4.16. The number of ether oxygens (including phenoxy) is 1. The lowest BCUT2D eigenvalue weighted by molar-refractivity contribution is -0.118. The van der Waals surface area contributed by atoms with Crippen LogP contribution in [0.3, 0.4) is 0 Å². The number of methoxy groups -OCH3 is 1. The zero-order valence-electron chi connectivity index (χ0n) is 15.4. The van der Waals surface area contributed by atoms with Crippen LogP contribution >= 0.6 is 12.2 Å². The van der Waals surface area contributed by atoms with Gasteiger partial charge < -0.3 is 15.0 Å². The Hall–Kier alpha value is -2.67. The molecule has 6 nitrogen and oxygen atoms in total. The third kappa shape index (κ3) is 2.92. The molecule has 2 heterocycles. The number of ketones is 1. The summed E-state index contributed by atoms with van der Waals surface area (Å²) in [6.45, 7) is 4.15. The Morgan fingerprint density at radius 2 is 1.89 bits per heavy atom. The summed E-state index contributed by atoms with van der Waals surface area (Å²) in [5, 5.41) is 3.28. The van der Waals surface area contributed by atoms with E-state index in [-0.39, 0.29) is 21.5 Å². The number of rotatable bonds is 2. The lowest BCUT2D eigenvalue weighted by Crippen LogP contribution is -2.37. The van der Waals surface area contributed by atoms with Gasteiger partial charge in [-0.3, -0.25) is 14.6 Å². The summed E-state index contributed by atoms with van der Waals surface area (Å²) >= 11 is 5.15. The maximum atomic E-state index is 13.1. The number of anilines is 1. The number of carbonyl (C=O) groups excluding carboxylic acids is 1. The number of aromatic nitrogens is 2. The molecule has 0 saturated carbocycles. The molecule has 0 spiro atoms. The van der Waals surface area contributed by atoms with Crippen LogP contribution in [-0.4, -0.2) is 22.9 Å². The molecule has 4 rings (SSSR count). The average Bonchev–Trinajstić information content (AvgIpc) is 2.58. The van der Waals surface area contributed by atoms with Crippen molar-refractivity contribution in [2.75, 3.05) is 12.4 Å². The second-order valence-corrected chi connectivity index (χ2v) is 8.24. The monoisotopic (exact) mass is 383 g/mol. The van der Waals surface area contributed by atoms with Crippen molar-refractivity contribution in [1.82, 2.24) is 9.97 Å². The van der Waals surface area contributed by atoms with Crippen LogP contribution < -0.4 is 15.6 Å². The quantitative estimate of drug-likeness (QED) is 0.689. The van der Waals surface area contributed by atoms with Crippen LogP contribution in [0.1, 0.15) is 43.7 Å². The van der Waals surface area contributed by atoms with Crippen LogP contribution in [0.25, 0.3) is 0 Å². The molecule has 1 unspecified atom stereocenters. The van der Waals surface area contributed by atoms with E-state index in [1.807, 2.05) is 24.3 Å². The molecule has 1 aliphatic heterocycles. The second-order valence-electron chi connectivity index (χ2n) is 7.83. The van der Waals surface area contributed by atoms with E-state index in [1.54, 1.807) is 7.11 Å². The number of Topliss-reactive ketones (excluding diaryl/α,β-unsaturated/α-hetero) is 1. The maximum Gasteiger partial charge on any atom is 0.257 e. The van der Waals surface area contributed by atoms with E-state index in [0.29, 0.717) is 35.5 Å². The number of hydrogen-bond donors (Lipinski definition) is 3. The standard InChI is InChI=1S/C20H21N3O3S/c1-20(2)8-11-15(12(24)9-20)14(10-6-4-5-7-13(10)26-3)16-17(21-11)22-19(27)23-18(16)25/h4-7,14H,8-9H2,1-3H3,(H3,21,22,23,25,27). The van der Waals surface area contributed by atoms with Gasteiger partial charge in [0.25, 0.3) is 5.56 Å².